The zero-order valence-electron chi connectivity index (χ0n) is 6.34. The fourth-order valence-corrected chi connectivity index (χ4v) is 1.05. The zero-order chi connectivity index (χ0) is 8.27. The van der Waals surface area contributed by atoms with Gasteiger partial charge in [0.05, 0.1) is 0 Å². The Balaban J connectivity index is 3.12. The van der Waals surface area contributed by atoms with Crippen LogP contribution in [0.1, 0.15) is 12.5 Å². The fourth-order valence-electron chi connectivity index (χ4n) is 0.870. The summed E-state index contributed by atoms with van der Waals surface area (Å²) < 4.78 is 0. The van der Waals surface area contributed by atoms with E-state index < -0.39 is 0 Å². The van der Waals surface area contributed by atoms with E-state index in [2.05, 4.69) is 0 Å². The second-order valence-corrected chi connectivity index (χ2v) is 2.69. The molecule has 0 aliphatic carbocycles. The molecule has 0 aromatic heterocycles. The van der Waals surface area contributed by atoms with Crippen molar-refractivity contribution < 1.29 is 0 Å². The molecular weight excluding hydrogens is 158 g/mol. The van der Waals surface area contributed by atoms with Crippen LogP contribution in [0.3, 0.4) is 0 Å². The van der Waals surface area contributed by atoms with Crippen LogP contribution in [0.25, 0.3) is 6.08 Å². The van der Waals surface area contributed by atoms with Gasteiger partial charge in [-0.25, -0.2) is 0 Å². The summed E-state index contributed by atoms with van der Waals surface area (Å²) >= 11 is 5.87. The van der Waals surface area contributed by atoms with E-state index in [0.29, 0.717) is 0 Å². The maximum absolute atomic E-state index is 5.87. The Bertz CT molecular complexity index is 279. The molecule has 1 rings (SSSR count). The molecule has 0 saturated heterocycles. The highest BCUT2D eigenvalue weighted by molar-refractivity contribution is 6.32. The first-order chi connectivity index (χ1) is 5.24. The Morgan fingerprint density at radius 2 is 2.18 bits per heavy atom. The summed E-state index contributed by atoms with van der Waals surface area (Å²) in [5.41, 5.74) is 7.27. The number of benzene rings is 1. The Morgan fingerprint density at radius 3 is 2.82 bits per heavy atom. The lowest BCUT2D eigenvalue weighted by molar-refractivity contribution is 1.63. The Kier molecular flexibility index (Phi) is 2.55. The largest absolute Gasteiger partial charge is 0.399 e. The Morgan fingerprint density at radius 1 is 1.45 bits per heavy atom. The van der Waals surface area contributed by atoms with Crippen LogP contribution in [0.15, 0.2) is 24.3 Å². The van der Waals surface area contributed by atoms with Crippen molar-refractivity contribution in [2.24, 2.45) is 0 Å². The van der Waals surface area contributed by atoms with Gasteiger partial charge in [-0.2, -0.15) is 0 Å². The van der Waals surface area contributed by atoms with Crippen LogP contribution in [0.5, 0.6) is 0 Å². The maximum atomic E-state index is 5.87. The summed E-state index contributed by atoms with van der Waals surface area (Å²) in [5.74, 6) is 0. The van der Waals surface area contributed by atoms with Crippen LogP contribution in [-0.2, 0) is 0 Å². The van der Waals surface area contributed by atoms with Gasteiger partial charge in [-0.15, -0.1) is 0 Å². The molecule has 0 heterocycles. The molecular formula is C9H10ClN. The van der Waals surface area contributed by atoms with Crippen LogP contribution < -0.4 is 5.73 Å². The van der Waals surface area contributed by atoms with Crippen molar-refractivity contribution in [3.8, 4) is 0 Å². The second kappa shape index (κ2) is 3.44. The molecule has 0 radical (unpaired) electrons. The van der Waals surface area contributed by atoms with Gasteiger partial charge in [-0.05, 0) is 30.7 Å². The monoisotopic (exact) mass is 167 g/mol. The first-order valence-electron chi connectivity index (χ1n) is 3.42. The van der Waals surface area contributed by atoms with Crippen molar-refractivity contribution in [3.05, 3.63) is 34.9 Å². The Labute approximate surface area is 71.5 Å². The molecule has 1 aromatic carbocycles. The van der Waals surface area contributed by atoms with Gasteiger partial charge in [0.15, 0.2) is 0 Å². The maximum Gasteiger partial charge on any atom is 0.0479 e. The van der Waals surface area contributed by atoms with E-state index in [1.54, 1.807) is 12.1 Å². The molecule has 0 saturated carbocycles. The lowest BCUT2D eigenvalue weighted by Gasteiger charge is -1.98. The minimum atomic E-state index is 0.734. The van der Waals surface area contributed by atoms with Crippen LogP contribution in [-0.4, -0.2) is 0 Å². The van der Waals surface area contributed by atoms with Crippen molar-refractivity contribution in [1.82, 2.24) is 0 Å². The fraction of sp³-hybridized carbons (Fsp3) is 0.111. The molecule has 0 aliphatic heterocycles. The van der Waals surface area contributed by atoms with E-state index in [4.69, 9.17) is 17.3 Å². The summed E-state index contributed by atoms with van der Waals surface area (Å²) in [6, 6.07) is 5.43. The standard InChI is InChI=1S/C9H10ClN/c1-2-3-7-6-8(11)4-5-9(7)10/h2-6H,11H2,1H3/b3-2+. The van der Waals surface area contributed by atoms with Gasteiger partial charge < -0.3 is 5.73 Å². The topological polar surface area (TPSA) is 26.0 Å². The number of hydrogen-bond acceptors (Lipinski definition) is 1. The number of nitrogens with two attached hydrogens (primary N) is 1. The summed E-state index contributed by atoms with van der Waals surface area (Å²) in [6.45, 7) is 1.94. The van der Waals surface area contributed by atoms with E-state index in [1.165, 1.54) is 0 Å². The average Bonchev–Trinajstić information content (AvgIpc) is 1.98. The van der Waals surface area contributed by atoms with Crippen LogP contribution in [0.2, 0.25) is 5.02 Å². The summed E-state index contributed by atoms with van der Waals surface area (Å²) in [5, 5.41) is 0.734. The summed E-state index contributed by atoms with van der Waals surface area (Å²) in [7, 11) is 0. The minimum absolute atomic E-state index is 0.734. The van der Waals surface area contributed by atoms with Crippen molar-refractivity contribution in [1.29, 1.82) is 0 Å². The molecule has 0 aliphatic rings. The molecule has 2 N–H and O–H groups in total. The highest BCUT2D eigenvalue weighted by Gasteiger charge is 1.94. The summed E-state index contributed by atoms with van der Waals surface area (Å²) in [4.78, 5) is 0. The third-order valence-electron chi connectivity index (χ3n) is 1.37. The number of hydrogen-bond donors (Lipinski definition) is 1. The van der Waals surface area contributed by atoms with E-state index >= 15 is 0 Å². The highest BCUT2D eigenvalue weighted by atomic mass is 35.5. The van der Waals surface area contributed by atoms with E-state index in [0.717, 1.165) is 16.3 Å². The SMILES string of the molecule is C/C=C/c1cc(N)ccc1Cl. The molecule has 0 bridgehead atoms. The van der Waals surface area contributed by atoms with Gasteiger partial charge >= 0.3 is 0 Å². The van der Waals surface area contributed by atoms with Gasteiger partial charge in [0.1, 0.15) is 0 Å². The number of halogens is 1. The molecule has 2 heteroatoms. The molecule has 58 valence electrons. The quantitative estimate of drug-likeness (QED) is 0.640. The predicted molar refractivity (Wildman–Crippen MR) is 50.6 cm³/mol. The van der Waals surface area contributed by atoms with Gasteiger partial charge in [-0.1, -0.05) is 23.8 Å². The van der Waals surface area contributed by atoms with Gasteiger partial charge in [0, 0.05) is 10.7 Å². The average molecular weight is 168 g/mol. The molecule has 1 nitrogen and oxygen atoms in total. The number of rotatable bonds is 1. The molecule has 0 spiro atoms. The smallest absolute Gasteiger partial charge is 0.0479 e. The number of anilines is 1. The van der Waals surface area contributed by atoms with E-state index in [1.807, 2.05) is 25.1 Å². The van der Waals surface area contributed by atoms with Crippen molar-refractivity contribution in [3.63, 3.8) is 0 Å². The predicted octanol–water partition coefficient (Wildman–Crippen LogP) is 2.96. The first kappa shape index (κ1) is 8.15. The summed E-state index contributed by atoms with van der Waals surface area (Å²) in [6.07, 6.45) is 3.86. The molecule has 11 heavy (non-hydrogen) atoms. The highest BCUT2D eigenvalue weighted by Crippen LogP contribution is 2.19. The van der Waals surface area contributed by atoms with Crippen LogP contribution in [0.4, 0.5) is 5.69 Å². The molecule has 0 fully saturated rings. The van der Waals surface area contributed by atoms with Crippen LogP contribution >= 0.6 is 11.6 Å². The van der Waals surface area contributed by atoms with Gasteiger partial charge in [-0.3, -0.25) is 0 Å². The second-order valence-electron chi connectivity index (χ2n) is 2.28. The van der Waals surface area contributed by atoms with Crippen molar-refractivity contribution in [2.45, 2.75) is 6.92 Å². The van der Waals surface area contributed by atoms with Gasteiger partial charge in [0.25, 0.3) is 0 Å². The molecule has 1 aromatic rings. The third kappa shape index (κ3) is 1.99. The number of allylic oxidation sites excluding steroid dienone is 1. The number of nitrogen functional groups attached to an aromatic ring is 1. The molecule has 0 atom stereocenters. The Hall–Kier alpha value is -0.950. The minimum Gasteiger partial charge on any atom is -0.399 e. The third-order valence-corrected chi connectivity index (χ3v) is 1.71. The van der Waals surface area contributed by atoms with E-state index in [-0.39, 0.29) is 0 Å². The first-order valence-corrected chi connectivity index (χ1v) is 3.79. The van der Waals surface area contributed by atoms with Crippen molar-refractivity contribution in [2.75, 3.05) is 5.73 Å². The lowest BCUT2D eigenvalue weighted by atomic mass is 10.2. The van der Waals surface area contributed by atoms with Crippen LogP contribution in [0, 0.1) is 0 Å². The van der Waals surface area contributed by atoms with Gasteiger partial charge in [0.2, 0.25) is 0 Å². The van der Waals surface area contributed by atoms with Crippen molar-refractivity contribution >= 4 is 23.4 Å². The van der Waals surface area contributed by atoms with E-state index in [9.17, 15) is 0 Å². The zero-order valence-corrected chi connectivity index (χ0v) is 7.10. The normalized spacial score (nSPS) is 10.7. The molecule has 0 unspecified atom stereocenters. The molecule has 0 amide bonds. The lowest BCUT2D eigenvalue weighted by Crippen LogP contribution is -1.84.